The number of aliphatic hydroxyl groups excluding tert-OH is 1. The van der Waals surface area contributed by atoms with Gasteiger partial charge < -0.3 is 15.6 Å². The molecule has 0 aliphatic carbocycles. The number of rotatable bonds is 1. The highest BCUT2D eigenvalue weighted by atomic mass is 16.5. The summed E-state index contributed by atoms with van der Waals surface area (Å²) in [5.41, 5.74) is 7.25. The third kappa shape index (κ3) is 1.59. The zero-order valence-electron chi connectivity index (χ0n) is 9.47. The Hall–Kier alpha value is -1.58. The third-order valence-electron chi connectivity index (χ3n) is 3.46. The molecule has 0 radical (unpaired) electrons. The largest absolute Gasteiger partial charge is 0.493 e. The number of hydrogen-bond acceptors (Lipinski definition) is 3. The van der Waals surface area contributed by atoms with Gasteiger partial charge in [-0.25, -0.2) is 0 Å². The van der Waals surface area contributed by atoms with E-state index in [1.807, 2.05) is 24.3 Å². The van der Waals surface area contributed by atoms with E-state index in [9.17, 15) is 5.11 Å². The lowest BCUT2D eigenvalue weighted by Gasteiger charge is -2.31. The average molecular weight is 229 g/mol. The maximum Gasteiger partial charge on any atom is 0.124 e. The van der Waals surface area contributed by atoms with E-state index in [2.05, 4.69) is 12.1 Å². The summed E-state index contributed by atoms with van der Waals surface area (Å²) < 4.78 is 5.67. The summed E-state index contributed by atoms with van der Waals surface area (Å²) in [6.45, 7) is 0.548. The Morgan fingerprint density at radius 2 is 2.06 bits per heavy atom. The fourth-order valence-electron chi connectivity index (χ4n) is 2.45. The van der Waals surface area contributed by atoms with Crippen LogP contribution in [0.5, 0.6) is 5.75 Å². The molecule has 0 bridgehead atoms. The second-order valence-electron chi connectivity index (χ2n) is 4.48. The molecular weight excluding hydrogens is 214 g/mol. The Balaban J connectivity index is 2.24. The van der Waals surface area contributed by atoms with E-state index in [-0.39, 0.29) is 18.6 Å². The van der Waals surface area contributed by atoms with Crippen molar-refractivity contribution in [1.82, 2.24) is 0 Å². The molecule has 88 valence electrons. The van der Waals surface area contributed by atoms with E-state index in [1.165, 1.54) is 0 Å². The van der Waals surface area contributed by atoms with Crippen molar-refractivity contribution in [1.29, 1.82) is 0 Å². The van der Waals surface area contributed by atoms with E-state index in [0.29, 0.717) is 6.61 Å². The van der Waals surface area contributed by atoms with E-state index >= 15 is 0 Å². The highest BCUT2D eigenvalue weighted by molar-refractivity contribution is 5.88. The molecule has 2 aromatic rings. The predicted molar refractivity (Wildman–Crippen MR) is 66.9 cm³/mol. The fraction of sp³-hybridized carbons (Fsp3) is 0.286. The van der Waals surface area contributed by atoms with Gasteiger partial charge in [0.1, 0.15) is 5.75 Å². The van der Waals surface area contributed by atoms with Crippen molar-refractivity contribution in [3.05, 3.63) is 42.0 Å². The Bertz CT molecular complexity index is 553. The van der Waals surface area contributed by atoms with Crippen molar-refractivity contribution in [3.63, 3.8) is 0 Å². The number of hydrogen-bond donors (Lipinski definition) is 2. The molecule has 0 spiro atoms. The summed E-state index contributed by atoms with van der Waals surface area (Å²) in [4.78, 5) is 0. The first kappa shape index (κ1) is 10.6. The molecule has 0 aromatic heterocycles. The lowest BCUT2D eigenvalue weighted by atomic mass is 9.88. The Labute approximate surface area is 99.8 Å². The molecule has 0 amide bonds. The Morgan fingerprint density at radius 3 is 2.88 bits per heavy atom. The maximum atomic E-state index is 9.30. The summed E-state index contributed by atoms with van der Waals surface area (Å²) in [6, 6.07) is 12.0. The van der Waals surface area contributed by atoms with E-state index < -0.39 is 0 Å². The van der Waals surface area contributed by atoms with Gasteiger partial charge in [0.2, 0.25) is 0 Å². The van der Waals surface area contributed by atoms with Crippen LogP contribution in [0.4, 0.5) is 0 Å². The molecule has 3 heteroatoms. The van der Waals surface area contributed by atoms with Gasteiger partial charge in [-0.15, -0.1) is 0 Å². The zero-order valence-corrected chi connectivity index (χ0v) is 9.47. The number of nitrogens with two attached hydrogens (primary N) is 1. The second kappa shape index (κ2) is 4.02. The second-order valence-corrected chi connectivity index (χ2v) is 4.48. The van der Waals surface area contributed by atoms with Gasteiger partial charge in [-0.05, 0) is 16.8 Å². The molecular formula is C14H15NO2. The smallest absolute Gasteiger partial charge is 0.124 e. The van der Waals surface area contributed by atoms with Gasteiger partial charge in [0, 0.05) is 17.5 Å². The molecule has 2 aromatic carbocycles. The van der Waals surface area contributed by atoms with Crippen LogP contribution in [0.1, 0.15) is 11.6 Å². The minimum atomic E-state index is -0.158. The first-order chi connectivity index (χ1) is 8.31. The summed E-state index contributed by atoms with van der Waals surface area (Å²) in [7, 11) is 0. The van der Waals surface area contributed by atoms with Crippen molar-refractivity contribution in [2.24, 2.45) is 11.7 Å². The van der Waals surface area contributed by atoms with Crippen LogP contribution in [0.3, 0.4) is 0 Å². The molecule has 1 heterocycles. The van der Waals surface area contributed by atoms with Gasteiger partial charge in [0.25, 0.3) is 0 Å². The van der Waals surface area contributed by atoms with Crippen LogP contribution in [0.15, 0.2) is 36.4 Å². The molecule has 0 saturated heterocycles. The highest BCUT2D eigenvalue weighted by Crippen LogP contribution is 2.38. The Morgan fingerprint density at radius 1 is 1.24 bits per heavy atom. The lowest BCUT2D eigenvalue weighted by molar-refractivity contribution is 0.125. The van der Waals surface area contributed by atoms with Gasteiger partial charge in [-0.2, -0.15) is 0 Å². The first-order valence-electron chi connectivity index (χ1n) is 5.82. The monoisotopic (exact) mass is 229 g/mol. The predicted octanol–water partition coefficient (Wildman–Crippen LogP) is 1.84. The average Bonchev–Trinajstić information content (AvgIpc) is 2.38. The molecule has 0 saturated carbocycles. The van der Waals surface area contributed by atoms with Crippen LogP contribution >= 0.6 is 0 Å². The number of aliphatic hydroxyl groups is 1. The maximum absolute atomic E-state index is 9.30. The quantitative estimate of drug-likeness (QED) is 0.784. The molecule has 1 aliphatic rings. The van der Waals surface area contributed by atoms with Crippen LogP contribution in [0.25, 0.3) is 10.8 Å². The molecule has 17 heavy (non-hydrogen) atoms. The molecule has 3 nitrogen and oxygen atoms in total. The molecule has 0 fully saturated rings. The minimum Gasteiger partial charge on any atom is -0.493 e. The van der Waals surface area contributed by atoms with E-state index in [0.717, 1.165) is 22.1 Å². The van der Waals surface area contributed by atoms with Crippen molar-refractivity contribution in [3.8, 4) is 5.75 Å². The lowest BCUT2D eigenvalue weighted by Crippen LogP contribution is -2.33. The summed E-state index contributed by atoms with van der Waals surface area (Å²) >= 11 is 0. The highest BCUT2D eigenvalue weighted by Gasteiger charge is 2.28. The number of benzene rings is 2. The van der Waals surface area contributed by atoms with E-state index in [1.54, 1.807) is 0 Å². The van der Waals surface area contributed by atoms with Crippen LogP contribution in [0.2, 0.25) is 0 Å². The molecule has 1 aliphatic heterocycles. The van der Waals surface area contributed by atoms with Crippen molar-refractivity contribution < 1.29 is 9.84 Å². The summed E-state index contributed by atoms with van der Waals surface area (Å²) in [5.74, 6) is 0.828. The Kier molecular flexibility index (Phi) is 2.50. The summed E-state index contributed by atoms with van der Waals surface area (Å²) in [5, 5.41) is 11.6. The van der Waals surface area contributed by atoms with Gasteiger partial charge in [0.05, 0.1) is 13.2 Å². The molecule has 3 rings (SSSR count). The molecule has 3 N–H and O–H groups in total. The van der Waals surface area contributed by atoms with Crippen LogP contribution in [0, 0.1) is 5.92 Å². The van der Waals surface area contributed by atoms with Crippen LogP contribution in [-0.2, 0) is 0 Å². The van der Waals surface area contributed by atoms with Gasteiger partial charge >= 0.3 is 0 Å². The molecule has 2 atom stereocenters. The first-order valence-corrected chi connectivity index (χ1v) is 5.82. The van der Waals surface area contributed by atoms with Gasteiger partial charge in [0.15, 0.2) is 0 Å². The summed E-state index contributed by atoms with van der Waals surface area (Å²) in [6.07, 6.45) is 0. The molecule has 2 unspecified atom stereocenters. The van der Waals surface area contributed by atoms with Gasteiger partial charge in [-0.1, -0.05) is 30.3 Å². The number of ether oxygens (including phenoxy) is 1. The normalized spacial score (nSPS) is 23.2. The van der Waals surface area contributed by atoms with Crippen LogP contribution < -0.4 is 10.5 Å². The minimum absolute atomic E-state index is 0.0201. The van der Waals surface area contributed by atoms with Crippen LogP contribution in [-0.4, -0.2) is 18.3 Å². The van der Waals surface area contributed by atoms with Gasteiger partial charge in [-0.3, -0.25) is 0 Å². The SMILES string of the molecule is NC1c2c(ccc3ccccc23)OCC1CO. The van der Waals surface area contributed by atoms with Crippen molar-refractivity contribution in [2.45, 2.75) is 6.04 Å². The van der Waals surface area contributed by atoms with Crippen molar-refractivity contribution >= 4 is 10.8 Å². The topological polar surface area (TPSA) is 55.5 Å². The standard InChI is InChI=1S/C14H15NO2/c15-14-10(7-16)8-17-12-6-5-9-3-1-2-4-11(9)13(12)14/h1-6,10,14,16H,7-8,15H2. The fourth-order valence-corrected chi connectivity index (χ4v) is 2.45. The van der Waals surface area contributed by atoms with E-state index in [4.69, 9.17) is 10.5 Å². The van der Waals surface area contributed by atoms with Crippen molar-refractivity contribution in [2.75, 3.05) is 13.2 Å². The third-order valence-corrected chi connectivity index (χ3v) is 3.46. The zero-order chi connectivity index (χ0) is 11.8. The number of fused-ring (bicyclic) bond motifs is 3.